The van der Waals surface area contributed by atoms with Crippen molar-refractivity contribution in [3.63, 3.8) is 0 Å². The number of rotatable bonds is 7. The number of H-pyrrole nitrogens is 1. The lowest BCUT2D eigenvalue weighted by atomic mass is 10.3. The normalized spacial score (nSPS) is 12.8. The summed E-state index contributed by atoms with van der Waals surface area (Å²) in [7, 11) is -4.25. The van der Waals surface area contributed by atoms with Gasteiger partial charge in [-0.2, -0.15) is 18.3 Å². The maximum Gasteiger partial charge on any atom is 0.402 e. The van der Waals surface area contributed by atoms with Crippen molar-refractivity contribution in [2.75, 3.05) is 13.1 Å². The Morgan fingerprint density at radius 3 is 2.68 bits per heavy atom. The molecule has 1 rings (SSSR count). The van der Waals surface area contributed by atoms with Crippen LogP contribution in [-0.2, 0) is 16.6 Å². The summed E-state index contributed by atoms with van der Waals surface area (Å²) in [6.07, 6.45) is -2.48. The van der Waals surface area contributed by atoms with Crippen molar-refractivity contribution in [1.29, 1.82) is 0 Å². The average Bonchev–Trinajstić information content (AvgIpc) is 2.75. The molecule has 0 unspecified atom stereocenters. The molecule has 3 N–H and O–H groups in total. The fourth-order valence-corrected chi connectivity index (χ4v) is 2.45. The number of aromatic amines is 1. The van der Waals surface area contributed by atoms with Crippen LogP contribution >= 0.6 is 0 Å². The Morgan fingerprint density at radius 1 is 1.42 bits per heavy atom. The number of nitrogens with one attached hydrogen (secondary N) is 3. The Bertz CT molecular complexity index is 498. The fraction of sp³-hybridized carbons (Fsp3) is 0.667. The van der Waals surface area contributed by atoms with Crippen LogP contribution < -0.4 is 10.0 Å². The van der Waals surface area contributed by atoms with Gasteiger partial charge in [-0.3, -0.25) is 5.10 Å². The minimum atomic E-state index is -4.60. The van der Waals surface area contributed by atoms with Crippen LogP contribution in [0.25, 0.3) is 0 Å². The molecule has 0 amide bonds. The van der Waals surface area contributed by atoms with Crippen molar-refractivity contribution in [2.45, 2.75) is 31.1 Å². The van der Waals surface area contributed by atoms with Crippen LogP contribution in [0.4, 0.5) is 13.2 Å². The van der Waals surface area contributed by atoms with E-state index in [0.717, 1.165) is 6.42 Å². The molecule has 0 spiro atoms. The second kappa shape index (κ2) is 6.35. The van der Waals surface area contributed by atoms with Gasteiger partial charge < -0.3 is 5.32 Å². The van der Waals surface area contributed by atoms with Gasteiger partial charge in [0.05, 0.1) is 6.20 Å². The lowest BCUT2D eigenvalue weighted by molar-refractivity contribution is -0.121. The van der Waals surface area contributed by atoms with Crippen LogP contribution in [0.3, 0.4) is 0 Å². The third-order valence-electron chi connectivity index (χ3n) is 2.15. The van der Waals surface area contributed by atoms with Gasteiger partial charge in [0.2, 0.25) is 0 Å². The molecular formula is C9H15F3N4O2S. The molecule has 0 atom stereocenters. The maximum atomic E-state index is 12.0. The third-order valence-corrected chi connectivity index (χ3v) is 3.57. The number of alkyl halides is 3. The Morgan fingerprint density at radius 2 is 2.11 bits per heavy atom. The predicted octanol–water partition coefficient (Wildman–Crippen LogP) is 0.750. The van der Waals surface area contributed by atoms with Gasteiger partial charge in [0.1, 0.15) is 6.54 Å². The quantitative estimate of drug-likeness (QED) is 0.649. The molecule has 0 aliphatic carbocycles. The molecule has 0 bridgehead atoms. The number of halogens is 3. The zero-order valence-corrected chi connectivity index (χ0v) is 11.0. The molecule has 0 saturated carbocycles. The zero-order chi connectivity index (χ0) is 14.5. The molecule has 10 heteroatoms. The van der Waals surface area contributed by atoms with E-state index in [9.17, 15) is 21.6 Å². The molecule has 19 heavy (non-hydrogen) atoms. The van der Waals surface area contributed by atoms with E-state index >= 15 is 0 Å². The van der Waals surface area contributed by atoms with E-state index in [1.807, 2.05) is 6.92 Å². The van der Waals surface area contributed by atoms with Crippen LogP contribution in [-0.4, -0.2) is 37.9 Å². The van der Waals surface area contributed by atoms with Gasteiger partial charge >= 0.3 is 6.18 Å². The Labute approximate surface area is 108 Å². The summed E-state index contributed by atoms with van der Waals surface area (Å²) in [5.41, 5.74) is 0.295. The van der Waals surface area contributed by atoms with Crippen molar-refractivity contribution in [2.24, 2.45) is 0 Å². The zero-order valence-electron chi connectivity index (χ0n) is 10.2. The van der Waals surface area contributed by atoms with Crippen LogP contribution in [0.1, 0.15) is 18.9 Å². The minimum absolute atomic E-state index is 0.215. The molecule has 1 heterocycles. The molecular weight excluding hydrogens is 285 g/mol. The van der Waals surface area contributed by atoms with E-state index in [-0.39, 0.29) is 11.6 Å². The highest BCUT2D eigenvalue weighted by molar-refractivity contribution is 7.89. The summed E-state index contributed by atoms with van der Waals surface area (Å²) >= 11 is 0. The topological polar surface area (TPSA) is 86.9 Å². The van der Waals surface area contributed by atoms with E-state index in [2.05, 4.69) is 15.5 Å². The van der Waals surface area contributed by atoms with Gasteiger partial charge in [0, 0.05) is 12.1 Å². The standard InChI is InChI=1S/C9H15F3N4O2S/c1-2-3-13-4-7-5-14-16-8(7)19(17,18)15-6-9(10,11)12/h5,13,15H,2-4,6H2,1H3,(H,14,16). The molecule has 0 aromatic carbocycles. The highest BCUT2D eigenvalue weighted by atomic mass is 32.2. The third kappa shape index (κ3) is 5.17. The molecule has 1 aromatic heterocycles. The van der Waals surface area contributed by atoms with Gasteiger partial charge in [0.15, 0.2) is 5.03 Å². The molecule has 0 radical (unpaired) electrons. The molecule has 1 aromatic rings. The number of sulfonamides is 1. The van der Waals surface area contributed by atoms with Crippen molar-refractivity contribution >= 4 is 10.0 Å². The van der Waals surface area contributed by atoms with E-state index in [1.54, 1.807) is 0 Å². The van der Waals surface area contributed by atoms with Crippen LogP contribution in [0.5, 0.6) is 0 Å². The number of hydrogen-bond donors (Lipinski definition) is 3. The van der Waals surface area contributed by atoms with Crippen molar-refractivity contribution in [3.8, 4) is 0 Å². The molecule has 0 aliphatic heterocycles. The fourth-order valence-electron chi connectivity index (χ4n) is 1.31. The van der Waals surface area contributed by atoms with Gasteiger partial charge in [-0.15, -0.1) is 0 Å². The number of hydrogen-bond acceptors (Lipinski definition) is 4. The second-order valence-corrected chi connectivity index (χ2v) is 5.54. The second-order valence-electron chi connectivity index (χ2n) is 3.84. The summed E-state index contributed by atoms with van der Waals surface area (Å²) in [5.74, 6) is 0. The number of nitrogens with zero attached hydrogens (tertiary/aromatic N) is 1. The predicted molar refractivity (Wildman–Crippen MR) is 61.8 cm³/mol. The first-order valence-electron chi connectivity index (χ1n) is 5.55. The average molecular weight is 300 g/mol. The van der Waals surface area contributed by atoms with E-state index in [4.69, 9.17) is 0 Å². The van der Waals surface area contributed by atoms with Crippen LogP contribution in [0, 0.1) is 0 Å². The summed E-state index contributed by atoms with van der Waals surface area (Å²) in [4.78, 5) is 0. The first kappa shape index (κ1) is 15.9. The summed E-state index contributed by atoms with van der Waals surface area (Å²) < 4.78 is 60.9. The van der Waals surface area contributed by atoms with Crippen molar-refractivity contribution in [1.82, 2.24) is 20.2 Å². The van der Waals surface area contributed by atoms with Crippen molar-refractivity contribution < 1.29 is 21.6 Å². The minimum Gasteiger partial charge on any atom is -0.313 e. The molecule has 6 nitrogen and oxygen atoms in total. The van der Waals surface area contributed by atoms with Gasteiger partial charge in [0.25, 0.3) is 10.0 Å². The van der Waals surface area contributed by atoms with Gasteiger partial charge in [-0.05, 0) is 13.0 Å². The van der Waals surface area contributed by atoms with E-state index in [0.29, 0.717) is 12.1 Å². The first-order chi connectivity index (χ1) is 8.76. The molecule has 0 saturated heterocycles. The summed E-state index contributed by atoms with van der Waals surface area (Å²) in [6.45, 7) is 1.20. The highest BCUT2D eigenvalue weighted by Gasteiger charge is 2.31. The molecule has 0 fully saturated rings. The smallest absolute Gasteiger partial charge is 0.313 e. The van der Waals surface area contributed by atoms with Crippen molar-refractivity contribution in [3.05, 3.63) is 11.8 Å². The lowest BCUT2D eigenvalue weighted by Gasteiger charge is -2.09. The monoisotopic (exact) mass is 300 g/mol. The highest BCUT2D eigenvalue weighted by Crippen LogP contribution is 2.16. The Kier molecular flexibility index (Phi) is 5.32. The molecule has 0 aliphatic rings. The molecule has 110 valence electrons. The Balaban J connectivity index is 2.75. The summed E-state index contributed by atoms with van der Waals surface area (Å²) in [5, 5.41) is 8.35. The van der Waals surface area contributed by atoms with Crippen LogP contribution in [0.15, 0.2) is 11.2 Å². The van der Waals surface area contributed by atoms with Crippen LogP contribution in [0.2, 0.25) is 0 Å². The number of aromatic nitrogens is 2. The first-order valence-corrected chi connectivity index (χ1v) is 7.04. The Hall–Kier alpha value is -1.13. The largest absolute Gasteiger partial charge is 0.402 e. The maximum absolute atomic E-state index is 12.0. The van der Waals surface area contributed by atoms with E-state index in [1.165, 1.54) is 10.9 Å². The van der Waals surface area contributed by atoms with Gasteiger partial charge in [-0.25, -0.2) is 13.1 Å². The SMILES string of the molecule is CCCNCc1cn[nH]c1S(=O)(=O)NCC(F)(F)F. The van der Waals surface area contributed by atoms with Gasteiger partial charge in [-0.1, -0.05) is 6.92 Å². The van der Waals surface area contributed by atoms with E-state index < -0.39 is 22.7 Å². The lowest BCUT2D eigenvalue weighted by Crippen LogP contribution is -2.34. The summed E-state index contributed by atoms with van der Waals surface area (Å²) in [6, 6.07) is 0.